The predicted molar refractivity (Wildman–Crippen MR) is 103 cm³/mol. The minimum absolute atomic E-state index is 0.202. The summed E-state index contributed by atoms with van der Waals surface area (Å²) in [6.45, 7) is 12.3. The van der Waals surface area contributed by atoms with Crippen molar-refractivity contribution in [1.82, 2.24) is 29.5 Å². The van der Waals surface area contributed by atoms with Crippen molar-refractivity contribution < 1.29 is 4.79 Å². The van der Waals surface area contributed by atoms with Gasteiger partial charge in [0.05, 0.1) is 17.7 Å². The number of rotatable bonds is 4. The summed E-state index contributed by atoms with van der Waals surface area (Å²) in [7, 11) is 0. The number of carbonyl (C=O) groups is 1. The number of aromatic nitrogens is 4. The lowest BCUT2D eigenvalue weighted by atomic mass is 9.95. The number of amides is 1. The van der Waals surface area contributed by atoms with Crippen LogP contribution in [0.15, 0.2) is 6.33 Å². The van der Waals surface area contributed by atoms with Gasteiger partial charge < -0.3 is 9.88 Å². The Morgan fingerprint density at radius 2 is 2.00 bits per heavy atom. The fourth-order valence-corrected chi connectivity index (χ4v) is 4.53. The Kier molecular flexibility index (Phi) is 4.80. The SMILES string of the molecule is Cc1nn(CC(=O)N2C[C@@H]3CC[C@H]2CN(Cc2nc[nH]c2C)C3)c(C)c1C. The van der Waals surface area contributed by atoms with Crippen LogP contribution >= 0.6 is 0 Å². The van der Waals surface area contributed by atoms with Crippen LogP contribution in [0.2, 0.25) is 0 Å². The van der Waals surface area contributed by atoms with Crippen molar-refractivity contribution >= 4 is 5.91 Å². The molecule has 27 heavy (non-hydrogen) atoms. The molecule has 5 heterocycles. The van der Waals surface area contributed by atoms with Crippen LogP contribution in [0.1, 0.15) is 41.2 Å². The highest BCUT2D eigenvalue weighted by atomic mass is 16.2. The Bertz CT molecular complexity index is 838. The van der Waals surface area contributed by atoms with Crippen LogP contribution in [0.25, 0.3) is 0 Å². The second kappa shape index (κ2) is 7.11. The third kappa shape index (κ3) is 3.52. The normalized spacial score (nSPS) is 23.0. The number of H-pyrrole nitrogens is 1. The molecule has 5 rings (SSSR count). The van der Waals surface area contributed by atoms with E-state index in [2.05, 4.69) is 38.7 Å². The maximum absolute atomic E-state index is 13.1. The summed E-state index contributed by atoms with van der Waals surface area (Å²) in [5.41, 5.74) is 5.54. The second-order valence-electron chi connectivity index (χ2n) is 8.27. The van der Waals surface area contributed by atoms with E-state index in [4.69, 9.17) is 0 Å². The molecule has 0 saturated carbocycles. The maximum atomic E-state index is 13.1. The van der Waals surface area contributed by atoms with Gasteiger partial charge in [0.2, 0.25) is 5.91 Å². The molecule has 3 aliphatic rings. The lowest BCUT2D eigenvalue weighted by Gasteiger charge is -2.36. The molecule has 0 unspecified atom stereocenters. The van der Waals surface area contributed by atoms with Crippen LogP contribution in [0.4, 0.5) is 0 Å². The van der Waals surface area contributed by atoms with Crippen LogP contribution in [-0.4, -0.2) is 61.1 Å². The summed E-state index contributed by atoms with van der Waals surface area (Å²) in [6.07, 6.45) is 4.08. The van der Waals surface area contributed by atoms with Crippen LogP contribution in [0.5, 0.6) is 0 Å². The molecule has 3 saturated heterocycles. The zero-order valence-corrected chi connectivity index (χ0v) is 16.8. The average molecular weight is 371 g/mol. The van der Waals surface area contributed by atoms with Crippen molar-refractivity contribution in [2.24, 2.45) is 5.92 Å². The first-order valence-electron chi connectivity index (χ1n) is 9.93. The van der Waals surface area contributed by atoms with Gasteiger partial charge >= 0.3 is 0 Å². The average Bonchev–Trinajstić information content (AvgIpc) is 2.99. The number of nitrogens with one attached hydrogen (secondary N) is 1. The maximum Gasteiger partial charge on any atom is 0.244 e. The van der Waals surface area contributed by atoms with Gasteiger partial charge in [0, 0.05) is 43.6 Å². The van der Waals surface area contributed by atoms with E-state index >= 15 is 0 Å². The largest absolute Gasteiger partial charge is 0.348 e. The zero-order valence-electron chi connectivity index (χ0n) is 16.8. The Hall–Kier alpha value is -2.15. The summed E-state index contributed by atoms with van der Waals surface area (Å²) in [6, 6.07) is 0.300. The zero-order chi connectivity index (χ0) is 19.1. The summed E-state index contributed by atoms with van der Waals surface area (Å²) < 4.78 is 1.87. The van der Waals surface area contributed by atoms with Crippen LogP contribution in [0.3, 0.4) is 0 Å². The van der Waals surface area contributed by atoms with Gasteiger partial charge in [-0.25, -0.2) is 4.98 Å². The van der Waals surface area contributed by atoms with Gasteiger partial charge in [0.1, 0.15) is 6.54 Å². The highest BCUT2D eigenvalue weighted by Gasteiger charge is 2.37. The van der Waals surface area contributed by atoms with Gasteiger partial charge in [0.15, 0.2) is 0 Å². The molecule has 1 N–H and O–H groups in total. The van der Waals surface area contributed by atoms with E-state index < -0.39 is 0 Å². The number of hydrogen-bond acceptors (Lipinski definition) is 4. The van der Waals surface area contributed by atoms with Crippen molar-refractivity contribution in [2.45, 2.75) is 59.7 Å². The molecule has 2 aromatic rings. The predicted octanol–water partition coefficient (Wildman–Crippen LogP) is 1.96. The molecule has 3 aliphatic heterocycles. The monoisotopic (exact) mass is 370 g/mol. The second-order valence-corrected chi connectivity index (χ2v) is 8.27. The van der Waals surface area contributed by atoms with Gasteiger partial charge in [-0.2, -0.15) is 5.10 Å². The van der Waals surface area contributed by atoms with Crippen LogP contribution < -0.4 is 0 Å². The Morgan fingerprint density at radius 3 is 2.67 bits per heavy atom. The van der Waals surface area contributed by atoms with Crippen LogP contribution in [0, 0.1) is 33.6 Å². The van der Waals surface area contributed by atoms with Gasteiger partial charge in [-0.1, -0.05) is 0 Å². The summed E-state index contributed by atoms with van der Waals surface area (Å²) in [5.74, 6) is 0.752. The molecule has 0 aliphatic carbocycles. The first kappa shape index (κ1) is 18.2. The molecule has 7 heteroatoms. The molecule has 0 spiro atoms. The highest BCUT2D eigenvalue weighted by Crippen LogP contribution is 2.29. The van der Waals surface area contributed by atoms with Crippen molar-refractivity contribution in [3.05, 3.63) is 34.7 Å². The topological polar surface area (TPSA) is 70.1 Å². The van der Waals surface area contributed by atoms with E-state index in [1.165, 1.54) is 12.0 Å². The number of piperidine rings is 1. The van der Waals surface area contributed by atoms with Crippen molar-refractivity contribution in [2.75, 3.05) is 19.6 Å². The van der Waals surface area contributed by atoms with Gasteiger partial charge in [-0.05, 0) is 52.0 Å². The molecule has 146 valence electrons. The first-order chi connectivity index (χ1) is 12.9. The molecule has 1 amide bonds. The van der Waals surface area contributed by atoms with E-state index in [0.717, 1.165) is 55.4 Å². The molecule has 2 atom stereocenters. The molecular formula is C20H30N6O. The van der Waals surface area contributed by atoms with Crippen LogP contribution in [-0.2, 0) is 17.9 Å². The van der Waals surface area contributed by atoms with E-state index in [9.17, 15) is 4.79 Å². The Labute approximate surface area is 160 Å². The highest BCUT2D eigenvalue weighted by molar-refractivity contribution is 5.76. The standard InChI is InChI=1S/C20H30N6O/c1-13-14(2)23-26(16(13)4)11-20(27)25-8-17-5-6-18(25)9-24(7-17)10-19-15(3)21-12-22-19/h12,17-18H,5-11H2,1-4H3,(H,21,22)/t17-,18+/m1/s1. The van der Waals surface area contributed by atoms with Gasteiger partial charge in [0.25, 0.3) is 0 Å². The number of aromatic amines is 1. The minimum Gasteiger partial charge on any atom is -0.348 e. The lowest BCUT2D eigenvalue weighted by molar-refractivity contribution is -0.136. The summed E-state index contributed by atoms with van der Waals surface area (Å²) in [5, 5.41) is 4.55. The van der Waals surface area contributed by atoms with Crippen molar-refractivity contribution in [1.29, 1.82) is 0 Å². The molecule has 7 nitrogen and oxygen atoms in total. The first-order valence-corrected chi connectivity index (χ1v) is 9.93. The quantitative estimate of drug-likeness (QED) is 0.893. The summed E-state index contributed by atoms with van der Waals surface area (Å²) in [4.78, 5) is 25.3. The summed E-state index contributed by atoms with van der Waals surface area (Å²) >= 11 is 0. The van der Waals surface area contributed by atoms with E-state index in [1.54, 1.807) is 6.33 Å². The number of fused-ring (bicyclic) bond motifs is 4. The van der Waals surface area contributed by atoms with Crippen molar-refractivity contribution in [3.63, 3.8) is 0 Å². The fraction of sp³-hybridized carbons (Fsp3) is 0.650. The Balaban J connectivity index is 1.46. The molecule has 0 aromatic carbocycles. The smallest absolute Gasteiger partial charge is 0.244 e. The van der Waals surface area contributed by atoms with E-state index in [0.29, 0.717) is 18.5 Å². The van der Waals surface area contributed by atoms with Gasteiger partial charge in [-0.15, -0.1) is 0 Å². The fourth-order valence-electron chi connectivity index (χ4n) is 4.53. The third-order valence-corrected chi connectivity index (χ3v) is 6.45. The lowest BCUT2D eigenvalue weighted by Crippen LogP contribution is -2.48. The van der Waals surface area contributed by atoms with Crippen molar-refractivity contribution in [3.8, 4) is 0 Å². The minimum atomic E-state index is 0.202. The number of hydrogen-bond donors (Lipinski definition) is 1. The molecule has 0 radical (unpaired) electrons. The number of carbonyl (C=O) groups excluding carboxylic acids is 1. The number of imidazole rings is 1. The number of aryl methyl sites for hydroxylation is 2. The molecule has 2 aromatic heterocycles. The molecular weight excluding hydrogens is 340 g/mol. The third-order valence-electron chi connectivity index (χ3n) is 6.45. The Morgan fingerprint density at radius 1 is 1.19 bits per heavy atom. The molecule has 3 fully saturated rings. The van der Waals surface area contributed by atoms with E-state index in [-0.39, 0.29) is 5.91 Å². The number of nitrogens with zero attached hydrogens (tertiary/aromatic N) is 5. The molecule has 2 bridgehead atoms. The van der Waals surface area contributed by atoms with Gasteiger partial charge in [-0.3, -0.25) is 14.4 Å². The van der Waals surface area contributed by atoms with E-state index in [1.807, 2.05) is 18.5 Å².